The van der Waals surface area contributed by atoms with Crippen LogP contribution in [0.25, 0.3) is 11.0 Å². The number of allylic oxidation sites excluding steroid dienone is 1. The molecule has 0 aliphatic rings. The van der Waals surface area contributed by atoms with Crippen molar-refractivity contribution in [2.24, 2.45) is 0 Å². The van der Waals surface area contributed by atoms with Crippen molar-refractivity contribution in [1.29, 1.82) is 0 Å². The van der Waals surface area contributed by atoms with E-state index in [1.807, 2.05) is 13.0 Å². The molecule has 0 unspecified atom stereocenters. The van der Waals surface area contributed by atoms with Gasteiger partial charge in [-0.05, 0) is 36.8 Å². The van der Waals surface area contributed by atoms with Crippen LogP contribution in [0.15, 0.2) is 66.7 Å². The molecule has 3 heteroatoms. The van der Waals surface area contributed by atoms with Crippen LogP contribution in [0.3, 0.4) is 0 Å². The second kappa shape index (κ2) is 5.70. The fourth-order valence-electron chi connectivity index (χ4n) is 2.61. The summed E-state index contributed by atoms with van der Waals surface area (Å²) in [7, 11) is 0. The van der Waals surface area contributed by atoms with Crippen molar-refractivity contribution in [3.63, 3.8) is 0 Å². The van der Waals surface area contributed by atoms with Crippen LogP contribution in [-0.2, 0) is 13.1 Å². The Labute approximate surface area is 130 Å². The summed E-state index contributed by atoms with van der Waals surface area (Å²) in [6.45, 7) is 7.61. The summed E-state index contributed by atoms with van der Waals surface area (Å²) in [5.74, 6) is 0. The molecule has 0 amide bonds. The van der Waals surface area contributed by atoms with Crippen LogP contribution in [0.5, 0.6) is 0 Å². The summed E-state index contributed by atoms with van der Waals surface area (Å²) in [6, 6.07) is 18.8. The maximum Gasteiger partial charge on any atom is 0.181 e. The zero-order valence-corrected chi connectivity index (χ0v) is 12.9. The number of para-hydroxylation sites is 2. The van der Waals surface area contributed by atoms with E-state index in [1.54, 1.807) is 0 Å². The van der Waals surface area contributed by atoms with Gasteiger partial charge in [0, 0.05) is 6.54 Å². The zero-order chi connectivity index (χ0) is 14.8. The van der Waals surface area contributed by atoms with Crippen LogP contribution in [0, 0.1) is 4.77 Å². The molecule has 3 rings (SSSR count). The van der Waals surface area contributed by atoms with Crippen molar-refractivity contribution in [1.82, 2.24) is 9.13 Å². The van der Waals surface area contributed by atoms with E-state index in [4.69, 9.17) is 12.2 Å². The maximum absolute atomic E-state index is 5.70. The molecule has 0 N–H and O–H groups in total. The number of fused-ring (bicyclic) bond motifs is 1. The number of nitrogens with zero attached hydrogens (tertiary/aromatic N) is 2. The van der Waals surface area contributed by atoms with E-state index in [-0.39, 0.29) is 0 Å². The molecule has 0 radical (unpaired) electrons. The number of hydrogen-bond donors (Lipinski definition) is 0. The van der Waals surface area contributed by atoms with Crippen LogP contribution in [0.1, 0.15) is 12.5 Å². The van der Waals surface area contributed by atoms with Crippen LogP contribution in [0.4, 0.5) is 0 Å². The van der Waals surface area contributed by atoms with Crippen LogP contribution in [-0.4, -0.2) is 9.13 Å². The average Bonchev–Trinajstić information content (AvgIpc) is 2.74. The molecule has 1 aromatic heterocycles. The molecule has 0 saturated carbocycles. The Morgan fingerprint density at radius 2 is 1.52 bits per heavy atom. The van der Waals surface area contributed by atoms with Crippen molar-refractivity contribution < 1.29 is 0 Å². The van der Waals surface area contributed by atoms with E-state index >= 15 is 0 Å². The molecule has 0 bridgehead atoms. The predicted octanol–water partition coefficient (Wildman–Crippen LogP) is 4.80. The van der Waals surface area contributed by atoms with E-state index in [9.17, 15) is 0 Å². The number of hydrogen-bond acceptors (Lipinski definition) is 1. The van der Waals surface area contributed by atoms with Crippen molar-refractivity contribution in [3.05, 3.63) is 77.1 Å². The highest BCUT2D eigenvalue weighted by atomic mass is 32.1. The molecule has 0 aliphatic carbocycles. The van der Waals surface area contributed by atoms with Crippen LogP contribution < -0.4 is 0 Å². The molecule has 2 nitrogen and oxygen atoms in total. The first-order chi connectivity index (χ1) is 10.2. The van der Waals surface area contributed by atoms with Gasteiger partial charge < -0.3 is 9.13 Å². The van der Waals surface area contributed by atoms with E-state index in [1.165, 1.54) is 16.6 Å². The number of benzene rings is 2. The smallest absolute Gasteiger partial charge is 0.181 e. The first-order valence-electron chi connectivity index (χ1n) is 7.03. The molecular weight excluding hydrogens is 276 g/mol. The fraction of sp³-hybridized carbons (Fsp3) is 0.167. The second-order valence-electron chi connectivity index (χ2n) is 5.39. The quantitative estimate of drug-likeness (QED) is 0.496. The predicted molar refractivity (Wildman–Crippen MR) is 91.1 cm³/mol. The minimum Gasteiger partial charge on any atom is -0.312 e. The molecule has 2 aromatic carbocycles. The highest BCUT2D eigenvalue weighted by molar-refractivity contribution is 7.71. The van der Waals surface area contributed by atoms with Gasteiger partial charge in [-0.2, -0.15) is 0 Å². The highest BCUT2D eigenvalue weighted by Gasteiger charge is 2.10. The molecular formula is C18H18N2S. The first-order valence-corrected chi connectivity index (χ1v) is 7.44. The van der Waals surface area contributed by atoms with Gasteiger partial charge in [-0.25, -0.2) is 0 Å². The number of aromatic nitrogens is 2. The molecule has 0 saturated heterocycles. The lowest BCUT2D eigenvalue weighted by atomic mass is 10.2. The van der Waals surface area contributed by atoms with Gasteiger partial charge in [0.1, 0.15) is 0 Å². The molecule has 0 aliphatic heterocycles. The molecule has 0 atom stereocenters. The summed E-state index contributed by atoms with van der Waals surface area (Å²) >= 11 is 5.70. The Bertz CT molecular complexity index is 841. The monoisotopic (exact) mass is 294 g/mol. The van der Waals surface area contributed by atoms with E-state index in [0.29, 0.717) is 0 Å². The molecule has 21 heavy (non-hydrogen) atoms. The minimum absolute atomic E-state index is 0.765. The molecule has 3 aromatic rings. The number of imidazole rings is 1. The number of rotatable bonds is 4. The van der Waals surface area contributed by atoms with Gasteiger partial charge in [-0.1, -0.05) is 54.6 Å². The zero-order valence-electron chi connectivity index (χ0n) is 12.1. The Balaban J connectivity index is 2.16. The van der Waals surface area contributed by atoms with E-state index in [2.05, 4.69) is 64.2 Å². The lowest BCUT2D eigenvalue weighted by Gasteiger charge is -2.05. The molecule has 1 heterocycles. The van der Waals surface area contributed by atoms with Gasteiger partial charge in [0.25, 0.3) is 0 Å². The van der Waals surface area contributed by atoms with Crippen LogP contribution >= 0.6 is 12.2 Å². The third kappa shape index (κ3) is 2.69. The first kappa shape index (κ1) is 13.8. The topological polar surface area (TPSA) is 9.86 Å². The molecule has 0 spiro atoms. The van der Waals surface area contributed by atoms with Crippen molar-refractivity contribution in [3.8, 4) is 0 Å². The normalized spacial score (nSPS) is 10.9. The summed E-state index contributed by atoms with van der Waals surface area (Å²) < 4.78 is 5.21. The van der Waals surface area contributed by atoms with Gasteiger partial charge in [0.2, 0.25) is 0 Å². The van der Waals surface area contributed by atoms with Crippen molar-refractivity contribution in [2.45, 2.75) is 20.0 Å². The lowest BCUT2D eigenvalue weighted by molar-refractivity contribution is 0.725. The maximum atomic E-state index is 5.70. The van der Waals surface area contributed by atoms with Crippen LogP contribution in [0.2, 0.25) is 0 Å². The Hall–Kier alpha value is -2.13. The highest BCUT2D eigenvalue weighted by Crippen LogP contribution is 2.20. The molecule has 106 valence electrons. The molecule has 0 fully saturated rings. The lowest BCUT2D eigenvalue weighted by Crippen LogP contribution is -2.03. The summed E-state index contributed by atoms with van der Waals surface area (Å²) in [5.41, 5.74) is 4.70. The van der Waals surface area contributed by atoms with E-state index < -0.39 is 0 Å². The third-order valence-electron chi connectivity index (χ3n) is 3.54. The van der Waals surface area contributed by atoms with Gasteiger partial charge in [0.15, 0.2) is 4.77 Å². The SMILES string of the molecule is C=C(C)Cn1c(=S)n(Cc2ccccc2)c2ccccc21. The second-order valence-corrected chi connectivity index (χ2v) is 5.75. The summed E-state index contributed by atoms with van der Waals surface area (Å²) in [6.07, 6.45) is 0. The Morgan fingerprint density at radius 1 is 0.952 bits per heavy atom. The largest absolute Gasteiger partial charge is 0.312 e. The third-order valence-corrected chi connectivity index (χ3v) is 3.98. The standard InChI is InChI=1S/C18H18N2S/c1-14(2)12-19-16-10-6-7-11-17(16)20(18(19)21)13-15-8-4-3-5-9-15/h3-11H,1,12-13H2,2H3. The Kier molecular flexibility index (Phi) is 3.76. The Morgan fingerprint density at radius 3 is 2.14 bits per heavy atom. The van der Waals surface area contributed by atoms with Gasteiger partial charge in [-0.3, -0.25) is 0 Å². The van der Waals surface area contributed by atoms with Gasteiger partial charge in [0.05, 0.1) is 17.6 Å². The van der Waals surface area contributed by atoms with E-state index in [0.717, 1.165) is 23.4 Å². The van der Waals surface area contributed by atoms with Crippen molar-refractivity contribution >= 4 is 23.3 Å². The van der Waals surface area contributed by atoms with Crippen molar-refractivity contribution in [2.75, 3.05) is 0 Å². The average molecular weight is 294 g/mol. The summed E-state index contributed by atoms with van der Waals surface area (Å²) in [5, 5.41) is 0. The summed E-state index contributed by atoms with van der Waals surface area (Å²) in [4.78, 5) is 0. The van der Waals surface area contributed by atoms with Gasteiger partial charge >= 0.3 is 0 Å². The minimum atomic E-state index is 0.765. The van der Waals surface area contributed by atoms with Gasteiger partial charge in [-0.15, -0.1) is 0 Å². The fourth-order valence-corrected chi connectivity index (χ4v) is 2.94.